The summed E-state index contributed by atoms with van der Waals surface area (Å²) in [5.41, 5.74) is 4.07. The molecule has 0 unspecified atom stereocenters. The molecule has 0 saturated heterocycles. The van der Waals surface area contributed by atoms with Gasteiger partial charge in [-0.3, -0.25) is 0 Å². The van der Waals surface area contributed by atoms with Crippen LogP contribution in [0.15, 0.2) is 18.2 Å². The van der Waals surface area contributed by atoms with E-state index in [1.165, 1.54) is 16.7 Å². The molecule has 2 heteroatoms. The maximum absolute atomic E-state index is 8.64. The summed E-state index contributed by atoms with van der Waals surface area (Å²) in [6.45, 7) is 6.59. The van der Waals surface area contributed by atoms with Crippen molar-refractivity contribution in [3.63, 3.8) is 0 Å². The molecule has 0 fully saturated rings. The van der Waals surface area contributed by atoms with Gasteiger partial charge < -0.3 is 10.4 Å². The van der Waals surface area contributed by atoms with E-state index in [9.17, 15) is 0 Å². The van der Waals surface area contributed by atoms with Crippen LogP contribution in [0.2, 0.25) is 0 Å². The lowest BCUT2D eigenvalue weighted by Crippen LogP contribution is -2.15. The molecule has 0 amide bonds. The van der Waals surface area contributed by atoms with Gasteiger partial charge in [0, 0.05) is 13.2 Å². The summed E-state index contributed by atoms with van der Waals surface area (Å²) in [5, 5.41) is 12.1. The molecule has 0 heterocycles. The highest BCUT2D eigenvalue weighted by Crippen LogP contribution is 2.09. The molecule has 16 heavy (non-hydrogen) atoms. The molecule has 0 aliphatic rings. The maximum atomic E-state index is 8.64. The molecule has 90 valence electrons. The summed E-state index contributed by atoms with van der Waals surface area (Å²) in [5.74, 6) is 0. The van der Waals surface area contributed by atoms with Gasteiger partial charge in [-0.15, -0.1) is 0 Å². The molecule has 1 aromatic rings. The van der Waals surface area contributed by atoms with Crippen molar-refractivity contribution in [2.45, 2.75) is 39.7 Å². The van der Waals surface area contributed by atoms with Crippen LogP contribution >= 0.6 is 0 Å². The van der Waals surface area contributed by atoms with Crippen LogP contribution in [0.4, 0.5) is 0 Å². The Morgan fingerprint density at radius 2 is 1.94 bits per heavy atom. The van der Waals surface area contributed by atoms with E-state index in [0.717, 1.165) is 32.4 Å². The topological polar surface area (TPSA) is 32.3 Å². The highest BCUT2D eigenvalue weighted by atomic mass is 16.2. The normalized spacial score (nSPS) is 10.7. The van der Waals surface area contributed by atoms with Gasteiger partial charge in [0.15, 0.2) is 0 Å². The van der Waals surface area contributed by atoms with E-state index in [2.05, 4.69) is 37.4 Å². The predicted molar refractivity (Wildman–Crippen MR) is 68.6 cm³/mol. The number of aliphatic hydroxyl groups excluding tert-OH is 1. The predicted octanol–water partition coefficient (Wildman–Crippen LogP) is 2.56. The number of hydrogen-bond donors (Lipinski definition) is 2. The van der Waals surface area contributed by atoms with E-state index >= 15 is 0 Å². The zero-order valence-electron chi connectivity index (χ0n) is 10.4. The minimum Gasteiger partial charge on any atom is -0.396 e. The molecule has 0 radical (unpaired) electrons. The molecular weight excluding hydrogens is 198 g/mol. The molecule has 0 aromatic heterocycles. The molecule has 0 bridgehead atoms. The fraction of sp³-hybridized carbons (Fsp3) is 0.571. The fourth-order valence-electron chi connectivity index (χ4n) is 1.81. The lowest BCUT2D eigenvalue weighted by molar-refractivity contribution is 0.283. The first-order valence-corrected chi connectivity index (χ1v) is 6.11. The lowest BCUT2D eigenvalue weighted by atomic mass is 10.1. The smallest absolute Gasteiger partial charge is 0.0431 e. The summed E-state index contributed by atoms with van der Waals surface area (Å²) in [4.78, 5) is 0. The van der Waals surface area contributed by atoms with E-state index in [-0.39, 0.29) is 0 Å². The van der Waals surface area contributed by atoms with Crippen LogP contribution in [0.3, 0.4) is 0 Å². The molecule has 1 aromatic carbocycles. The van der Waals surface area contributed by atoms with Gasteiger partial charge in [-0.25, -0.2) is 0 Å². The third-order valence-electron chi connectivity index (χ3n) is 2.83. The SMILES string of the molecule is Cc1ccc(CNCCCCCO)c(C)c1. The average Bonchev–Trinajstić information content (AvgIpc) is 2.26. The van der Waals surface area contributed by atoms with Crippen LogP contribution in [0, 0.1) is 13.8 Å². The number of rotatable bonds is 7. The Bertz CT molecular complexity index is 310. The zero-order valence-corrected chi connectivity index (χ0v) is 10.4. The van der Waals surface area contributed by atoms with Gasteiger partial charge in [-0.1, -0.05) is 23.8 Å². The zero-order chi connectivity index (χ0) is 11.8. The van der Waals surface area contributed by atoms with Crippen LogP contribution in [0.5, 0.6) is 0 Å². The average molecular weight is 221 g/mol. The molecule has 0 aliphatic heterocycles. The summed E-state index contributed by atoms with van der Waals surface area (Å²) in [7, 11) is 0. The molecule has 1 rings (SSSR count). The van der Waals surface area contributed by atoms with Crippen molar-refractivity contribution in [1.82, 2.24) is 5.32 Å². The minimum absolute atomic E-state index is 0.317. The van der Waals surface area contributed by atoms with Crippen LogP contribution in [-0.2, 0) is 6.54 Å². The fourth-order valence-corrected chi connectivity index (χ4v) is 1.81. The van der Waals surface area contributed by atoms with Gasteiger partial charge in [-0.2, -0.15) is 0 Å². The van der Waals surface area contributed by atoms with Crippen LogP contribution < -0.4 is 5.32 Å². The Kier molecular flexibility index (Phi) is 6.12. The molecule has 0 atom stereocenters. The van der Waals surface area contributed by atoms with Gasteiger partial charge in [0.2, 0.25) is 0 Å². The number of unbranched alkanes of at least 4 members (excludes halogenated alkanes) is 2. The van der Waals surface area contributed by atoms with Gasteiger partial charge in [-0.05, 0) is 50.8 Å². The second-order valence-corrected chi connectivity index (χ2v) is 4.39. The monoisotopic (exact) mass is 221 g/mol. The van der Waals surface area contributed by atoms with Gasteiger partial charge in [0.05, 0.1) is 0 Å². The number of aliphatic hydroxyl groups is 1. The Balaban J connectivity index is 2.21. The first kappa shape index (κ1) is 13.2. The molecule has 0 aliphatic carbocycles. The second kappa shape index (κ2) is 7.42. The highest BCUT2D eigenvalue weighted by Gasteiger charge is 1.97. The largest absolute Gasteiger partial charge is 0.396 e. The maximum Gasteiger partial charge on any atom is 0.0431 e. The summed E-state index contributed by atoms with van der Waals surface area (Å²) >= 11 is 0. The second-order valence-electron chi connectivity index (χ2n) is 4.39. The van der Waals surface area contributed by atoms with Crippen LogP contribution in [-0.4, -0.2) is 18.3 Å². The first-order valence-electron chi connectivity index (χ1n) is 6.11. The van der Waals surface area contributed by atoms with E-state index in [4.69, 9.17) is 5.11 Å². The first-order chi connectivity index (χ1) is 7.74. The third-order valence-corrected chi connectivity index (χ3v) is 2.83. The van der Waals surface area contributed by atoms with Crippen molar-refractivity contribution in [1.29, 1.82) is 0 Å². The summed E-state index contributed by atoms with van der Waals surface area (Å²) < 4.78 is 0. The van der Waals surface area contributed by atoms with Crippen molar-refractivity contribution in [2.24, 2.45) is 0 Å². The van der Waals surface area contributed by atoms with Crippen molar-refractivity contribution in [3.05, 3.63) is 34.9 Å². The molecule has 2 N–H and O–H groups in total. The number of hydrogen-bond acceptors (Lipinski definition) is 2. The Hall–Kier alpha value is -0.860. The van der Waals surface area contributed by atoms with Crippen molar-refractivity contribution < 1.29 is 5.11 Å². The van der Waals surface area contributed by atoms with Gasteiger partial charge in [0.1, 0.15) is 0 Å². The lowest BCUT2D eigenvalue weighted by Gasteiger charge is -2.08. The van der Waals surface area contributed by atoms with Crippen LogP contribution in [0.1, 0.15) is 36.0 Å². The number of nitrogens with one attached hydrogen (secondary N) is 1. The quantitative estimate of drug-likeness (QED) is 0.694. The van der Waals surface area contributed by atoms with Gasteiger partial charge >= 0.3 is 0 Å². The molecule has 2 nitrogen and oxygen atoms in total. The third kappa shape index (κ3) is 4.77. The van der Waals surface area contributed by atoms with E-state index in [1.54, 1.807) is 0 Å². The summed E-state index contributed by atoms with van der Waals surface area (Å²) in [6, 6.07) is 6.59. The minimum atomic E-state index is 0.317. The number of benzene rings is 1. The molecule has 0 spiro atoms. The molecule has 0 saturated carbocycles. The highest BCUT2D eigenvalue weighted by molar-refractivity contribution is 5.30. The van der Waals surface area contributed by atoms with E-state index in [0.29, 0.717) is 6.61 Å². The number of aryl methyl sites for hydroxylation is 2. The van der Waals surface area contributed by atoms with E-state index in [1.807, 2.05) is 0 Å². The van der Waals surface area contributed by atoms with E-state index < -0.39 is 0 Å². The van der Waals surface area contributed by atoms with Crippen LogP contribution in [0.25, 0.3) is 0 Å². The van der Waals surface area contributed by atoms with Crippen molar-refractivity contribution in [3.8, 4) is 0 Å². The molecular formula is C14H23NO. The Morgan fingerprint density at radius 3 is 2.62 bits per heavy atom. The van der Waals surface area contributed by atoms with Gasteiger partial charge in [0.25, 0.3) is 0 Å². The Labute approximate surface area is 98.7 Å². The Morgan fingerprint density at radius 1 is 1.12 bits per heavy atom. The summed E-state index contributed by atoms with van der Waals surface area (Å²) in [6.07, 6.45) is 3.17. The van der Waals surface area contributed by atoms with Crippen molar-refractivity contribution >= 4 is 0 Å². The standard InChI is InChI=1S/C14H23NO/c1-12-6-7-14(13(2)10-12)11-15-8-4-3-5-9-16/h6-7,10,15-16H,3-5,8-9,11H2,1-2H3. The van der Waals surface area contributed by atoms with Crippen molar-refractivity contribution in [2.75, 3.05) is 13.2 Å².